The van der Waals surface area contributed by atoms with E-state index in [4.69, 9.17) is 12.2 Å². The van der Waals surface area contributed by atoms with Gasteiger partial charge in [0.1, 0.15) is 0 Å². The van der Waals surface area contributed by atoms with E-state index >= 15 is 0 Å². The summed E-state index contributed by atoms with van der Waals surface area (Å²) in [6, 6.07) is 0.578. The summed E-state index contributed by atoms with van der Waals surface area (Å²) in [7, 11) is 0. The van der Waals surface area contributed by atoms with Gasteiger partial charge < -0.3 is 15.1 Å². The molecule has 0 aromatic heterocycles. The van der Waals surface area contributed by atoms with Crippen molar-refractivity contribution >= 4 is 23.2 Å². The third kappa shape index (κ3) is 3.20. The summed E-state index contributed by atoms with van der Waals surface area (Å²) in [5.41, 5.74) is -0.161. The van der Waals surface area contributed by atoms with Crippen molar-refractivity contribution in [1.29, 1.82) is 0 Å². The Morgan fingerprint density at radius 3 is 2.57 bits per heavy atom. The minimum Gasteiger partial charge on any atom is -0.360 e. The van der Waals surface area contributed by atoms with E-state index in [1.54, 1.807) is 0 Å². The smallest absolute Gasteiger partial charge is 0.241 e. The van der Waals surface area contributed by atoms with Crippen LogP contribution in [0.5, 0.6) is 0 Å². The molecule has 2 N–H and O–H groups in total. The van der Waals surface area contributed by atoms with Gasteiger partial charge in [-0.2, -0.15) is 0 Å². The molecule has 1 amide bonds. The van der Waals surface area contributed by atoms with Crippen molar-refractivity contribution in [3.63, 3.8) is 0 Å². The highest BCUT2D eigenvalue weighted by atomic mass is 32.1. The van der Waals surface area contributed by atoms with Crippen LogP contribution in [-0.4, -0.2) is 58.2 Å². The van der Waals surface area contributed by atoms with E-state index in [2.05, 4.69) is 41.2 Å². The van der Waals surface area contributed by atoms with Crippen molar-refractivity contribution < 1.29 is 4.79 Å². The molecule has 23 heavy (non-hydrogen) atoms. The summed E-state index contributed by atoms with van der Waals surface area (Å²) in [4.78, 5) is 17.1. The summed E-state index contributed by atoms with van der Waals surface area (Å²) in [6.07, 6.45) is 5.42. The minimum atomic E-state index is -0.161. The number of rotatable bonds is 4. The highest BCUT2D eigenvalue weighted by Gasteiger charge is 2.51. The molecule has 1 spiro atoms. The molecule has 2 saturated heterocycles. The molecule has 2 atom stereocenters. The van der Waals surface area contributed by atoms with E-state index in [0.717, 1.165) is 44.0 Å². The quantitative estimate of drug-likeness (QED) is 0.764. The average Bonchev–Trinajstić information content (AvgIpc) is 3.32. The summed E-state index contributed by atoms with van der Waals surface area (Å²) in [6.45, 7) is 9.04. The normalized spacial score (nSPS) is 28.3. The zero-order valence-electron chi connectivity index (χ0n) is 14.6. The van der Waals surface area contributed by atoms with Crippen molar-refractivity contribution in [2.75, 3.05) is 19.6 Å². The largest absolute Gasteiger partial charge is 0.360 e. The van der Waals surface area contributed by atoms with Gasteiger partial charge in [0.2, 0.25) is 5.91 Å². The maximum Gasteiger partial charge on any atom is 0.241 e. The van der Waals surface area contributed by atoms with Gasteiger partial charge in [0.15, 0.2) is 5.11 Å². The number of thiocarbonyl (C=S) groups is 1. The van der Waals surface area contributed by atoms with Gasteiger partial charge in [-0.3, -0.25) is 10.1 Å². The van der Waals surface area contributed by atoms with Gasteiger partial charge in [-0.05, 0) is 37.9 Å². The molecule has 3 aliphatic rings. The second-order valence-corrected chi connectivity index (χ2v) is 7.72. The Balaban J connectivity index is 1.65. The first-order chi connectivity index (χ1) is 11.0. The molecule has 0 bridgehead atoms. The molecule has 2 aliphatic heterocycles. The first-order valence-corrected chi connectivity index (χ1v) is 9.56. The molecule has 2 heterocycles. The number of nitrogens with zero attached hydrogens (tertiary/aromatic N) is 2. The molecule has 130 valence electrons. The fourth-order valence-electron chi connectivity index (χ4n) is 3.88. The van der Waals surface area contributed by atoms with Gasteiger partial charge in [-0.15, -0.1) is 0 Å². The van der Waals surface area contributed by atoms with Crippen LogP contribution in [-0.2, 0) is 4.79 Å². The number of carbonyl (C=O) groups excluding carboxylic acids is 1. The lowest BCUT2D eigenvalue weighted by Gasteiger charge is -2.45. The lowest BCUT2D eigenvalue weighted by molar-refractivity contribution is -0.133. The van der Waals surface area contributed by atoms with Gasteiger partial charge in [0, 0.05) is 38.5 Å². The number of nitrogens with one attached hydrogen (secondary N) is 2. The summed E-state index contributed by atoms with van der Waals surface area (Å²) >= 11 is 5.53. The molecular formula is C17H30N4OS. The monoisotopic (exact) mass is 338 g/mol. The number of hydrogen-bond donors (Lipinski definition) is 2. The van der Waals surface area contributed by atoms with Crippen LogP contribution in [0.3, 0.4) is 0 Å². The maximum atomic E-state index is 12.8. The number of piperidine rings is 1. The van der Waals surface area contributed by atoms with E-state index in [-0.39, 0.29) is 17.6 Å². The Hall–Kier alpha value is -0.880. The summed E-state index contributed by atoms with van der Waals surface area (Å²) < 4.78 is 0. The molecule has 0 unspecified atom stereocenters. The number of likely N-dealkylation sites (N-methyl/N-ethyl adjacent to an activating group) is 1. The Morgan fingerprint density at radius 1 is 1.39 bits per heavy atom. The van der Waals surface area contributed by atoms with Crippen LogP contribution in [0.4, 0.5) is 0 Å². The van der Waals surface area contributed by atoms with Crippen LogP contribution in [0.2, 0.25) is 0 Å². The van der Waals surface area contributed by atoms with Crippen LogP contribution in [0.1, 0.15) is 52.9 Å². The number of likely N-dealkylation sites (tertiary alicyclic amines) is 1. The first-order valence-electron chi connectivity index (χ1n) is 9.15. The predicted octanol–water partition coefficient (Wildman–Crippen LogP) is 1.68. The fourth-order valence-corrected chi connectivity index (χ4v) is 4.22. The Labute approximate surface area is 145 Å². The Bertz CT molecular complexity index is 471. The van der Waals surface area contributed by atoms with Gasteiger partial charge in [0.05, 0.1) is 11.7 Å². The Kier molecular flexibility index (Phi) is 4.83. The van der Waals surface area contributed by atoms with Gasteiger partial charge in [0.25, 0.3) is 0 Å². The third-order valence-electron chi connectivity index (χ3n) is 5.78. The van der Waals surface area contributed by atoms with Gasteiger partial charge in [-0.1, -0.05) is 20.3 Å². The van der Waals surface area contributed by atoms with Gasteiger partial charge in [-0.25, -0.2) is 0 Å². The lowest BCUT2D eigenvalue weighted by Crippen LogP contribution is -2.60. The van der Waals surface area contributed by atoms with Crippen LogP contribution < -0.4 is 10.6 Å². The zero-order valence-corrected chi connectivity index (χ0v) is 15.4. The molecule has 0 aromatic carbocycles. The Morgan fingerprint density at radius 2 is 2.04 bits per heavy atom. The van der Waals surface area contributed by atoms with Crippen molar-refractivity contribution in [2.24, 2.45) is 5.92 Å². The fraction of sp³-hybridized carbons (Fsp3) is 0.882. The number of amides is 1. The standard InChI is InChI=1S/C17H30N4OS/c1-4-12(3)14-15(22)21(5-2)17(19-14)8-10-20(11-9-17)16(23)18-13-6-7-13/h12-14,19H,4-11H2,1-3H3,(H,18,23)/t12-,14-/m1/s1. The lowest BCUT2D eigenvalue weighted by atomic mass is 9.95. The van der Waals surface area contributed by atoms with Crippen molar-refractivity contribution in [1.82, 2.24) is 20.4 Å². The first kappa shape index (κ1) is 17.0. The molecule has 1 saturated carbocycles. The molecule has 6 heteroatoms. The minimum absolute atomic E-state index is 0.0250. The SMILES string of the molecule is CC[C@@H](C)[C@H]1NC2(CCN(C(=S)NC3CC3)CC2)N(CC)C1=O. The van der Waals surface area contributed by atoms with Crippen LogP contribution >= 0.6 is 12.2 Å². The van der Waals surface area contributed by atoms with Crippen molar-refractivity contribution in [2.45, 2.75) is 70.6 Å². The molecular weight excluding hydrogens is 308 g/mol. The highest BCUT2D eigenvalue weighted by molar-refractivity contribution is 7.80. The van der Waals surface area contributed by atoms with E-state index < -0.39 is 0 Å². The molecule has 5 nitrogen and oxygen atoms in total. The van der Waals surface area contributed by atoms with Crippen molar-refractivity contribution in [3.05, 3.63) is 0 Å². The molecule has 0 radical (unpaired) electrons. The second-order valence-electron chi connectivity index (χ2n) is 7.33. The molecule has 3 rings (SSSR count). The molecule has 3 fully saturated rings. The highest BCUT2D eigenvalue weighted by Crippen LogP contribution is 2.34. The summed E-state index contributed by atoms with van der Waals surface area (Å²) in [5.74, 6) is 0.667. The van der Waals surface area contributed by atoms with Crippen LogP contribution in [0.25, 0.3) is 0 Å². The van der Waals surface area contributed by atoms with E-state index in [1.807, 2.05) is 0 Å². The average molecular weight is 339 g/mol. The topological polar surface area (TPSA) is 47.6 Å². The van der Waals surface area contributed by atoms with Crippen LogP contribution in [0, 0.1) is 5.92 Å². The predicted molar refractivity (Wildman–Crippen MR) is 96.1 cm³/mol. The van der Waals surface area contributed by atoms with E-state index in [0.29, 0.717) is 12.0 Å². The van der Waals surface area contributed by atoms with E-state index in [9.17, 15) is 4.79 Å². The maximum absolute atomic E-state index is 12.8. The zero-order chi connectivity index (χ0) is 16.6. The van der Waals surface area contributed by atoms with Crippen molar-refractivity contribution in [3.8, 4) is 0 Å². The van der Waals surface area contributed by atoms with Crippen LogP contribution in [0.15, 0.2) is 0 Å². The molecule has 1 aliphatic carbocycles. The van der Waals surface area contributed by atoms with Gasteiger partial charge >= 0.3 is 0 Å². The summed E-state index contributed by atoms with van der Waals surface area (Å²) in [5, 5.41) is 8.03. The third-order valence-corrected chi connectivity index (χ3v) is 6.16. The second kappa shape index (κ2) is 6.55. The number of hydrogen-bond acceptors (Lipinski definition) is 3. The molecule has 0 aromatic rings. The number of carbonyl (C=O) groups is 1. The van der Waals surface area contributed by atoms with E-state index in [1.165, 1.54) is 12.8 Å².